The van der Waals surface area contributed by atoms with Gasteiger partial charge in [-0.2, -0.15) is 0 Å². The molecule has 2 aliphatic carbocycles. The second kappa shape index (κ2) is 4.35. The molecule has 1 aromatic rings. The molecule has 0 atom stereocenters. The third-order valence-electron chi connectivity index (χ3n) is 3.49. The summed E-state index contributed by atoms with van der Waals surface area (Å²) in [5.41, 5.74) is 4.60. The quantitative estimate of drug-likeness (QED) is 0.781. The van der Waals surface area contributed by atoms with Crippen LogP contribution in [0, 0.1) is 0 Å². The highest BCUT2D eigenvalue weighted by atomic mass is 16.4. The number of hydrogen-bond acceptors (Lipinski definition) is 2. The standard InChI is InChI=1S/C16H12O3/c17-12-6-5-11-7-10-3-1-2-4-13(10)15(9-16(18)19)14(11)8-12/h1-6,9H,7-8H2,(H,18,19). The maximum absolute atomic E-state index is 11.6. The Morgan fingerprint density at radius 2 is 1.95 bits per heavy atom. The fourth-order valence-corrected chi connectivity index (χ4v) is 2.67. The minimum absolute atomic E-state index is 0.0226. The Kier molecular flexibility index (Phi) is 2.67. The van der Waals surface area contributed by atoms with Gasteiger partial charge in [-0.3, -0.25) is 4.79 Å². The second-order valence-corrected chi connectivity index (χ2v) is 4.71. The summed E-state index contributed by atoms with van der Waals surface area (Å²) in [4.78, 5) is 22.6. The van der Waals surface area contributed by atoms with Crippen LogP contribution in [0.1, 0.15) is 17.5 Å². The van der Waals surface area contributed by atoms with Crippen molar-refractivity contribution in [2.75, 3.05) is 0 Å². The summed E-state index contributed by atoms with van der Waals surface area (Å²) < 4.78 is 0. The van der Waals surface area contributed by atoms with E-state index in [4.69, 9.17) is 5.11 Å². The van der Waals surface area contributed by atoms with Crippen LogP contribution >= 0.6 is 0 Å². The summed E-state index contributed by atoms with van der Waals surface area (Å²) in [7, 11) is 0. The molecule has 0 spiro atoms. The molecule has 0 fully saturated rings. The Morgan fingerprint density at radius 1 is 1.16 bits per heavy atom. The molecule has 0 aromatic heterocycles. The predicted molar refractivity (Wildman–Crippen MR) is 71.5 cm³/mol. The molecule has 0 unspecified atom stereocenters. The molecular formula is C16H12O3. The zero-order valence-electron chi connectivity index (χ0n) is 10.2. The van der Waals surface area contributed by atoms with Crippen molar-refractivity contribution in [3.05, 3.63) is 64.8 Å². The van der Waals surface area contributed by atoms with Gasteiger partial charge in [0.25, 0.3) is 0 Å². The summed E-state index contributed by atoms with van der Waals surface area (Å²) in [6, 6.07) is 7.75. The van der Waals surface area contributed by atoms with E-state index in [-0.39, 0.29) is 5.78 Å². The average Bonchev–Trinajstić information content (AvgIpc) is 2.39. The highest BCUT2D eigenvalue weighted by molar-refractivity contribution is 6.03. The molecule has 0 saturated carbocycles. The smallest absolute Gasteiger partial charge is 0.328 e. The molecule has 0 aliphatic heterocycles. The van der Waals surface area contributed by atoms with Crippen LogP contribution in [0.5, 0.6) is 0 Å². The van der Waals surface area contributed by atoms with Crippen LogP contribution in [-0.2, 0) is 16.0 Å². The molecule has 94 valence electrons. The number of ketones is 1. The van der Waals surface area contributed by atoms with Gasteiger partial charge in [-0.25, -0.2) is 4.79 Å². The number of hydrogen-bond donors (Lipinski definition) is 1. The summed E-state index contributed by atoms with van der Waals surface area (Å²) in [6.07, 6.45) is 5.64. The highest BCUT2D eigenvalue weighted by Crippen LogP contribution is 2.39. The van der Waals surface area contributed by atoms with Crippen LogP contribution in [-0.4, -0.2) is 16.9 Å². The van der Waals surface area contributed by atoms with Gasteiger partial charge in [0.2, 0.25) is 0 Å². The van der Waals surface area contributed by atoms with Gasteiger partial charge in [0, 0.05) is 12.5 Å². The van der Waals surface area contributed by atoms with E-state index < -0.39 is 5.97 Å². The first kappa shape index (κ1) is 11.7. The average molecular weight is 252 g/mol. The Balaban J connectivity index is 2.21. The number of aliphatic carboxylic acids is 1. The Hall–Kier alpha value is -2.42. The second-order valence-electron chi connectivity index (χ2n) is 4.71. The molecule has 2 aliphatic rings. The number of carbonyl (C=O) groups excluding carboxylic acids is 1. The summed E-state index contributed by atoms with van der Waals surface area (Å²) in [5, 5.41) is 9.05. The van der Waals surface area contributed by atoms with Gasteiger partial charge < -0.3 is 5.11 Å². The molecule has 3 nitrogen and oxygen atoms in total. The predicted octanol–water partition coefficient (Wildman–Crippen LogP) is 2.54. The number of carbonyl (C=O) groups is 2. The maximum Gasteiger partial charge on any atom is 0.328 e. The van der Waals surface area contributed by atoms with E-state index in [1.807, 2.05) is 30.3 Å². The molecule has 0 radical (unpaired) electrons. The summed E-state index contributed by atoms with van der Waals surface area (Å²) in [5.74, 6) is -0.963. The minimum Gasteiger partial charge on any atom is -0.478 e. The minimum atomic E-state index is -0.986. The first-order valence-corrected chi connectivity index (χ1v) is 6.11. The largest absolute Gasteiger partial charge is 0.478 e. The van der Waals surface area contributed by atoms with Crippen LogP contribution in [0.2, 0.25) is 0 Å². The number of benzene rings is 1. The first-order chi connectivity index (χ1) is 9.15. The van der Waals surface area contributed by atoms with Crippen LogP contribution in [0.15, 0.2) is 53.6 Å². The van der Waals surface area contributed by atoms with Crippen molar-refractivity contribution < 1.29 is 14.7 Å². The normalized spacial score (nSPS) is 19.4. The van der Waals surface area contributed by atoms with Gasteiger partial charge in [-0.15, -0.1) is 0 Å². The fraction of sp³-hybridized carbons (Fsp3) is 0.125. The van der Waals surface area contributed by atoms with Gasteiger partial charge in [0.1, 0.15) is 0 Å². The third kappa shape index (κ3) is 2.03. The van der Waals surface area contributed by atoms with Crippen LogP contribution < -0.4 is 0 Å². The first-order valence-electron chi connectivity index (χ1n) is 6.11. The Morgan fingerprint density at radius 3 is 2.74 bits per heavy atom. The van der Waals surface area contributed by atoms with E-state index in [1.165, 1.54) is 6.08 Å². The van der Waals surface area contributed by atoms with Gasteiger partial charge in [-0.05, 0) is 40.3 Å². The molecule has 0 saturated heterocycles. The van der Waals surface area contributed by atoms with Gasteiger partial charge in [0.05, 0.1) is 0 Å². The van der Waals surface area contributed by atoms with Crippen LogP contribution in [0.4, 0.5) is 0 Å². The van der Waals surface area contributed by atoms with Gasteiger partial charge in [-0.1, -0.05) is 30.3 Å². The molecule has 1 aromatic carbocycles. The number of carboxylic acid groups (broad SMARTS) is 1. The van der Waals surface area contributed by atoms with E-state index in [1.54, 1.807) is 6.08 Å². The zero-order chi connectivity index (χ0) is 13.4. The highest BCUT2D eigenvalue weighted by Gasteiger charge is 2.25. The molecule has 19 heavy (non-hydrogen) atoms. The molecule has 3 heteroatoms. The molecule has 0 bridgehead atoms. The number of carboxylic acids is 1. The Labute approximate surface area is 110 Å². The summed E-state index contributed by atoms with van der Waals surface area (Å²) in [6.45, 7) is 0. The molecule has 0 amide bonds. The van der Waals surface area contributed by atoms with Crippen molar-refractivity contribution in [2.24, 2.45) is 0 Å². The van der Waals surface area contributed by atoms with E-state index in [0.29, 0.717) is 12.0 Å². The van der Waals surface area contributed by atoms with E-state index in [2.05, 4.69) is 0 Å². The molecule has 3 rings (SSSR count). The van der Waals surface area contributed by atoms with E-state index in [0.717, 1.165) is 28.7 Å². The molecule has 0 heterocycles. The number of allylic oxidation sites excluding steroid dienone is 5. The number of rotatable bonds is 1. The van der Waals surface area contributed by atoms with Crippen molar-refractivity contribution in [3.63, 3.8) is 0 Å². The van der Waals surface area contributed by atoms with E-state index >= 15 is 0 Å². The SMILES string of the molecule is O=C(O)C=C1C2=C(C=CC(=O)C2)Cc2ccccc21. The topological polar surface area (TPSA) is 54.4 Å². The molecular weight excluding hydrogens is 240 g/mol. The maximum atomic E-state index is 11.6. The lowest BCUT2D eigenvalue weighted by Gasteiger charge is -2.25. The molecule has 1 N–H and O–H groups in total. The monoisotopic (exact) mass is 252 g/mol. The van der Waals surface area contributed by atoms with Crippen molar-refractivity contribution in [1.82, 2.24) is 0 Å². The summed E-state index contributed by atoms with van der Waals surface area (Å²) >= 11 is 0. The number of fused-ring (bicyclic) bond motifs is 1. The van der Waals surface area contributed by atoms with Gasteiger partial charge in [0.15, 0.2) is 5.78 Å². The fourth-order valence-electron chi connectivity index (χ4n) is 2.67. The van der Waals surface area contributed by atoms with Crippen molar-refractivity contribution in [2.45, 2.75) is 12.8 Å². The van der Waals surface area contributed by atoms with Crippen LogP contribution in [0.3, 0.4) is 0 Å². The van der Waals surface area contributed by atoms with Gasteiger partial charge >= 0.3 is 5.97 Å². The van der Waals surface area contributed by atoms with E-state index in [9.17, 15) is 9.59 Å². The van der Waals surface area contributed by atoms with Crippen molar-refractivity contribution >= 4 is 17.3 Å². The lowest BCUT2D eigenvalue weighted by molar-refractivity contribution is -0.131. The van der Waals surface area contributed by atoms with Crippen LogP contribution in [0.25, 0.3) is 5.57 Å². The lowest BCUT2D eigenvalue weighted by Crippen LogP contribution is -2.14. The Bertz CT molecular complexity index is 675. The van der Waals surface area contributed by atoms with Crippen molar-refractivity contribution in [3.8, 4) is 0 Å². The lowest BCUT2D eigenvalue weighted by atomic mass is 9.78. The third-order valence-corrected chi connectivity index (χ3v) is 3.49. The van der Waals surface area contributed by atoms with Crippen molar-refractivity contribution in [1.29, 1.82) is 0 Å². The zero-order valence-corrected chi connectivity index (χ0v) is 10.2.